The van der Waals surface area contributed by atoms with Gasteiger partial charge in [-0.25, -0.2) is 0 Å². The van der Waals surface area contributed by atoms with Crippen molar-refractivity contribution in [2.24, 2.45) is 22.7 Å². The van der Waals surface area contributed by atoms with Gasteiger partial charge in [-0.1, -0.05) is 66.2 Å². The number of carbonyl (C=O) groups excluding carboxylic acids is 1. The zero-order chi connectivity index (χ0) is 20.7. The molecule has 0 spiro atoms. The van der Waals surface area contributed by atoms with Crippen LogP contribution in [0.3, 0.4) is 0 Å². The third kappa shape index (κ3) is 5.89. The van der Waals surface area contributed by atoms with Crippen LogP contribution in [0.25, 0.3) is 5.70 Å². The van der Waals surface area contributed by atoms with E-state index in [1.165, 1.54) is 11.3 Å². The molecule has 0 aliphatic carbocycles. The number of carbonyl (C=O) groups is 1. The van der Waals surface area contributed by atoms with Crippen molar-refractivity contribution in [3.8, 4) is 0 Å². The average molecular weight is 370 g/mol. The fourth-order valence-corrected chi connectivity index (χ4v) is 3.58. The second-order valence-corrected chi connectivity index (χ2v) is 8.30. The minimum atomic E-state index is 0.0181. The molecule has 0 atom stereocenters. The Morgan fingerprint density at radius 2 is 1.56 bits per heavy atom. The van der Waals surface area contributed by atoms with E-state index in [4.69, 9.17) is 4.99 Å². The molecule has 27 heavy (non-hydrogen) atoms. The molecule has 150 valence electrons. The molecule has 0 fully saturated rings. The number of aryl methyl sites for hydroxylation is 1. The molecule has 0 aliphatic heterocycles. The van der Waals surface area contributed by atoms with Crippen molar-refractivity contribution in [1.29, 1.82) is 0 Å². The lowest BCUT2D eigenvalue weighted by molar-refractivity contribution is 0.0938. The summed E-state index contributed by atoms with van der Waals surface area (Å²) >= 11 is 0. The summed E-state index contributed by atoms with van der Waals surface area (Å²) in [6, 6.07) is 6.25. The Morgan fingerprint density at radius 1 is 0.963 bits per heavy atom. The maximum atomic E-state index is 12.5. The Labute approximate surface area is 167 Å². The van der Waals surface area contributed by atoms with Crippen molar-refractivity contribution in [3.05, 3.63) is 40.5 Å². The molecule has 0 N–H and O–H groups in total. The van der Waals surface area contributed by atoms with Crippen LogP contribution >= 0.6 is 0 Å². The number of rotatable bonds is 9. The van der Waals surface area contributed by atoms with Crippen molar-refractivity contribution < 1.29 is 4.79 Å². The van der Waals surface area contributed by atoms with Gasteiger partial charge in [-0.2, -0.15) is 0 Å². The van der Waals surface area contributed by atoms with Crippen molar-refractivity contribution >= 4 is 17.2 Å². The lowest BCUT2D eigenvalue weighted by Crippen LogP contribution is -2.19. The number of allylic oxidation sites excluding steroid dienone is 1. The van der Waals surface area contributed by atoms with Crippen molar-refractivity contribution in [1.82, 2.24) is 0 Å². The van der Waals surface area contributed by atoms with Crippen molar-refractivity contribution in [2.45, 2.75) is 81.6 Å². The second-order valence-electron chi connectivity index (χ2n) is 8.30. The number of benzene rings is 1. The second kappa shape index (κ2) is 10.6. The molecule has 0 saturated carbocycles. The van der Waals surface area contributed by atoms with Crippen LogP contribution in [-0.4, -0.2) is 11.5 Å². The van der Waals surface area contributed by atoms with Gasteiger partial charge in [-0.3, -0.25) is 9.79 Å². The maximum absolute atomic E-state index is 12.5. The third-order valence-corrected chi connectivity index (χ3v) is 5.26. The summed E-state index contributed by atoms with van der Waals surface area (Å²) in [5.41, 5.74) is 6.66. The lowest BCUT2D eigenvalue weighted by Gasteiger charge is -2.21. The highest BCUT2D eigenvalue weighted by Crippen LogP contribution is 2.28. The van der Waals surface area contributed by atoms with Gasteiger partial charge in [0, 0.05) is 22.8 Å². The van der Waals surface area contributed by atoms with Crippen LogP contribution in [0.4, 0.5) is 0 Å². The molecule has 0 saturated heterocycles. The largest absolute Gasteiger partial charge is 0.294 e. The van der Waals surface area contributed by atoms with Gasteiger partial charge in [-0.15, -0.1) is 0 Å². The lowest BCUT2D eigenvalue weighted by atomic mass is 9.89. The molecule has 2 heteroatoms. The molecular weight excluding hydrogens is 330 g/mol. The van der Waals surface area contributed by atoms with Crippen LogP contribution in [0.15, 0.2) is 28.8 Å². The van der Waals surface area contributed by atoms with Gasteiger partial charge in [0.2, 0.25) is 0 Å². The molecule has 0 aliphatic rings. The van der Waals surface area contributed by atoms with Crippen LogP contribution < -0.4 is 0 Å². The van der Waals surface area contributed by atoms with Gasteiger partial charge >= 0.3 is 0 Å². The highest BCUT2D eigenvalue weighted by atomic mass is 16.1. The SMILES string of the molecule is CCc1cc(C(N=C(C(C)C)C(CC)CC)=C(C)C)ccc1C(=O)C(C)C. The molecule has 1 rings (SSSR count). The van der Waals surface area contributed by atoms with Gasteiger partial charge in [0.25, 0.3) is 0 Å². The van der Waals surface area contributed by atoms with E-state index in [1.807, 2.05) is 19.9 Å². The molecule has 0 radical (unpaired) electrons. The molecule has 0 heterocycles. The predicted molar refractivity (Wildman–Crippen MR) is 120 cm³/mol. The van der Waals surface area contributed by atoms with Gasteiger partial charge in [0.1, 0.15) is 0 Å². The fraction of sp³-hybridized carbons (Fsp3) is 0.600. The number of nitrogens with zero attached hydrogens (tertiary/aromatic N) is 1. The highest BCUT2D eigenvalue weighted by Gasteiger charge is 2.19. The minimum Gasteiger partial charge on any atom is -0.294 e. The molecular formula is C25H39NO. The number of Topliss-reactive ketones (excluding diaryl/α,β-unsaturated/α-hetero) is 1. The monoisotopic (exact) mass is 369 g/mol. The normalized spacial score (nSPS) is 12.2. The standard InChI is InChI=1S/C25H39NO/c1-10-19(11-2)23(16(4)5)26-24(17(6)7)21-13-14-22(20(12-3)15-21)25(27)18(8)9/h13-16,18-19H,10-12H2,1-9H3. The van der Waals surface area contributed by atoms with Gasteiger partial charge < -0.3 is 0 Å². The van der Waals surface area contributed by atoms with Crippen molar-refractivity contribution in [3.63, 3.8) is 0 Å². The Balaban J connectivity index is 3.51. The number of hydrogen-bond donors (Lipinski definition) is 0. The first-order valence-corrected chi connectivity index (χ1v) is 10.6. The van der Waals surface area contributed by atoms with E-state index in [0.717, 1.165) is 41.6 Å². The highest BCUT2D eigenvalue weighted by molar-refractivity contribution is 5.99. The summed E-state index contributed by atoms with van der Waals surface area (Å²) in [6.07, 6.45) is 3.09. The Morgan fingerprint density at radius 3 is 1.96 bits per heavy atom. The van der Waals surface area contributed by atoms with E-state index in [0.29, 0.717) is 11.8 Å². The average Bonchev–Trinajstić information content (AvgIpc) is 2.63. The molecule has 1 aromatic rings. The van der Waals surface area contributed by atoms with Crippen LogP contribution in [0.1, 0.15) is 96.6 Å². The summed E-state index contributed by atoms with van der Waals surface area (Å²) in [5.74, 6) is 1.19. The molecule has 2 nitrogen and oxygen atoms in total. The zero-order valence-electron chi connectivity index (χ0n) is 18.9. The third-order valence-electron chi connectivity index (χ3n) is 5.26. The van der Waals surface area contributed by atoms with E-state index in [1.54, 1.807) is 0 Å². The first-order valence-electron chi connectivity index (χ1n) is 10.6. The molecule has 1 aromatic carbocycles. The van der Waals surface area contributed by atoms with Crippen LogP contribution in [0, 0.1) is 17.8 Å². The van der Waals surface area contributed by atoms with Gasteiger partial charge in [0.05, 0.1) is 5.70 Å². The molecule has 0 bridgehead atoms. The van der Waals surface area contributed by atoms with Crippen LogP contribution in [0.2, 0.25) is 0 Å². The number of hydrogen-bond acceptors (Lipinski definition) is 2. The Hall–Kier alpha value is -1.70. The first-order chi connectivity index (χ1) is 12.7. The summed E-state index contributed by atoms with van der Waals surface area (Å²) in [4.78, 5) is 17.7. The molecule has 0 aromatic heterocycles. The van der Waals surface area contributed by atoms with E-state index in [-0.39, 0.29) is 11.7 Å². The molecule has 0 unspecified atom stereocenters. The topological polar surface area (TPSA) is 29.4 Å². The quantitative estimate of drug-likeness (QED) is 0.330. The van der Waals surface area contributed by atoms with Gasteiger partial charge in [0.15, 0.2) is 5.78 Å². The minimum absolute atomic E-state index is 0.0181. The smallest absolute Gasteiger partial charge is 0.165 e. The maximum Gasteiger partial charge on any atom is 0.165 e. The van der Waals surface area contributed by atoms with E-state index < -0.39 is 0 Å². The Kier molecular flexibility index (Phi) is 9.15. The zero-order valence-corrected chi connectivity index (χ0v) is 18.9. The summed E-state index contributed by atoms with van der Waals surface area (Å²) in [7, 11) is 0. The van der Waals surface area contributed by atoms with Crippen molar-refractivity contribution in [2.75, 3.05) is 0 Å². The summed E-state index contributed by atoms with van der Waals surface area (Å²) < 4.78 is 0. The molecule has 0 amide bonds. The summed E-state index contributed by atoms with van der Waals surface area (Å²) in [6.45, 7) is 19.3. The van der Waals surface area contributed by atoms with E-state index >= 15 is 0 Å². The van der Waals surface area contributed by atoms with Crippen LogP contribution in [0.5, 0.6) is 0 Å². The van der Waals surface area contributed by atoms with Gasteiger partial charge in [-0.05, 0) is 56.6 Å². The predicted octanol–water partition coefficient (Wildman–Crippen LogP) is 7.37. The number of aliphatic imine (C=N–C) groups is 1. The summed E-state index contributed by atoms with van der Waals surface area (Å²) in [5, 5.41) is 0. The fourth-order valence-electron chi connectivity index (χ4n) is 3.58. The van der Waals surface area contributed by atoms with Crippen LogP contribution in [-0.2, 0) is 6.42 Å². The first kappa shape index (κ1) is 23.3. The van der Waals surface area contributed by atoms with E-state index in [2.05, 4.69) is 60.6 Å². The van der Waals surface area contributed by atoms with E-state index in [9.17, 15) is 4.79 Å². The Bertz CT molecular complexity index is 699. The number of ketones is 1.